The van der Waals surface area contributed by atoms with Gasteiger partial charge in [0.2, 0.25) is 0 Å². The van der Waals surface area contributed by atoms with E-state index in [0.29, 0.717) is 6.42 Å². The molecule has 1 aromatic heterocycles. The highest BCUT2D eigenvalue weighted by atomic mass is 16.1. The van der Waals surface area contributed by atoms with Crippen molar-refractivity contribution in [2.24, 2.45) is 0 Å². The highest BCUT2D eigenvalue weighted by Crippen LogP contribution is 2.15. The monoisotopic (exact) mass is 222 g/mol. The number of aryl methyl sites for hydroxylation is 1. The van der Waals surface area contributed by atoms with Crippen molar-refractivity contribution in [3.63, 3.8) is 0 Å². The van der Waals surface area contributed by atoms with Crippen molar-refractivity contribution >= 4 is 5.78 Å². The third-order valence-electron chi connectivity index (χ3n) is 2.71. The van der Waals surface area contributed by atoms with Gasteiger partial charge in [-0.2, -0.15) is 0 Å². The zero-order valence-corrected chi connectivity index (χ0v) is 10.8. The van der Waals surface area contributed by atoms with Crippen LogP contribution in [-0.4, -0.2) is 24.6 Å². The van der Waals surface area contributed by atoms with Crippen LogP contribution < -0.4 is 5.01 Å². The summed E-state index contributed by atoms with van der Waals surface area (Å²) in [5.41, 5.74) is 2.46. The van der Waals surface area contributed by atoms with E-state index < -0.39 is 0 Å². The Morgan fingerprint density at radius 2 is 2.12 bits per heavy atom. The summed E-state index contributed by atoms with van der Waals surface area (Å²) in [6.07, 6.45) is 6.02. The van der Waals surface area contributed by atoms with Gasteiger partial charge in [0.1, 0.15) is 5.78 Å². The molecule has 1 rings (SSSR count). The second-order valence-electron chi connectivity index (χ2n) is 4.46. The Morgan fingerprint density at radius 1 is 1.44 bits per heavy atom. The number of aromatic nitrogens is 1. The number of hydrogen-bond acceptors (Lipinski definition) is 2. The first-order valence-corrected chi connectivity index (χ1v) is 5.92. The molecule has 1 aromatic rings. The number of rotatable bonds is 6. The SMILES string of the molecule is CCCCc1ccn(N(C)C)c1CC(C)=O. The number of carbonyl (C=O) groups excluding carboxylic acids is 1. The highest BCUT2D eigenvalue weighted by Gasteiger charge is 2.11. The Kier molecular flexibility index (Phi) is 4.59. The summed E-state index contributed by atoms with van der Waals surface area (Å²) in [6, 6.07) is 2.13. The molecule has 0 saturated carbocycles. The lowest BCUT2D eigenvalue weighted by molar-refractivity contribution is -0.116. The van der Waals surface area contributed by atoms with E-state index in [2.05, 4.69) is 17.7 Å². The van der Waals surface area contributed by atoms with Crippen LogP contribution in [-0.2, 0) is 17.6 Å². The van der Waals surface area contributed by atoms with Gasteiger partial charge < -0.3 is 5.01 Å². The average Bonchev–Trinajstić information content (AvgIpc) is 2.57. The minimum atomic E-state index is 0.222. The van der Waals surface area contributed by atoms with Crippen LogP contribution in [0.15, 0.2) is 12.3 Å². The second-order valence-corrected chi connectivity index (χ2v) is 4.46. The molecule has 1 heterocycles. The molecule has 0 aliphatic carbocycles. The van der Waals surface area contributed by atoms with Crippen LogP contribution in [0.3, 0.4) is 0 Å². The second kappa shape index (κ2) is 5.73. The molecular weight excluding hydrogens is 200 g/mol. The molecule has 3 heteroatoms. The summed E-state index contributed by atoms with van der Waals surface area (Å²) in [5, 5.41) is 2.01. The maximum atomic E-state index is 11.3. The Hall–Kier alpha value is -1.25. The molecule has 90 valence electrons. The fourth-order valence-corrected chi connectivity index (χ4v) is 1.89. The number of Topliss-reactive ketones (excluding diaryl/α,β-unsaturated/α-hetero) is 1. The Labute approximate surface area is 98.0 Å². The fourth-order valence-electron chi connectivity index (χ4n) is 1.89. The largest absolute Gasteiger partial charge is 0.319 e. The van der Waals surface area contributed by atoms with Gasteiger partial charge in [0.05, 0.1) is 5.69 Å². The summed E-state index contributed by atoms with van der Waals surface area (Å²) in [4.78, 5) is 11.3. The van der Waals surface area contributed by atoms with E-state index in [4.69, 9.17) is 0 Å². The van der Waals surface area contributed by atoms with Crippen molar-refractivity contribution in [3.8, 4) is 0 Å². The lowest BCUT2D eigenvalue weighted by Gasteiger charge is -2.18. The van der Waals surface area contributed by atoms with Crippen LogP contribution in [0.2, 0.25) is 0 Å². The van der Waals surface area contributed by atoms with E-state index in [0.717, 1.165) is 12.1 Å². The van der Waals surface area contributed by atoms with E-state index in [-0.39, 0.29) is 5.78 Å². The van der Waals surface area contributed by atoms with E-state index in [9.17, 15) is 4.79 Å². The third kappa shape index (κ3) is 3.12. The maximum Gasteiger partial charge on any atom is 0.135 e. The predicted molar refractivity (Wildman–Crippen MR) is 67.5 cm³/mol. The zero-order valence-electron chi connectivity index (χ0n) is 10.8. The van der Waals surface area contributed by atoms with E-state index in [1.807, 2.05) is 25.3 Å². The van der Waals surface area contributed by atoms with Crippen molar-refractivity contribution in [2.75, 3.05) is 19.1 Å². The average molecular weight is 222 g/mol. The molecule has 0 fully saturated rings. The summed E-state index contributed by atoms with van der Waals surface area (Å²) in [5.74, 6) is 0.222. The normalized spacial score (nSPS) is 10.5. The van der Waals surface area contributed by atoms with Crippen LogP contribution in [0.4, 0.5) is 0 Å². The maximum absolute atomic E-state index is 11.3. The van der Waals surface area contributed by atoms with Crippen LogP contribution in [0.25, 0.3) is 0 Å². The van der Waals surface area contributed by atoms with E-state index >= 15 is 0 Å². The molecule has 16 heavy (non-hydrogen) atoms. The van der Waals surface area contributed by atoms with Gasteiger partial charge in [-0.3, -0.25) is 9.47 Å². The third-order valence-corrected chi connectivity index (χ3v) is 2.71. The Bertz CT molecular complexity index is 353. The van der Waals surface area contributed by atoms with Gasteiger partial charge in [-0.1, -0.05) is 13.3 Å². The predicted octanol–water partition coefficient (Wildman–Crippen LogP) is 2.16. The number of hydrogen-bond donors (Lipinski definition) is 0. The quantitative estimate of drug-likeness (QED) is 0.737. The lowest BCUT2D eigenvalue weighted by Crippen LogP contribution is -2.27. The minimum absolute atomic E-state index is 0.222. The number of nitrogens with zero attached hydrogens (tertiary/aromatic N) is 2. The van der Waals surface area contributed by atoms with Gasteiger partial charge in [0.15, 0.2) is 0 Å². The van der Waals surface area contributed by atoms with Crippen molar-refractivity contribution in [2.45, 2.75) is 39.5 Å². The first-order chi connectivity index (χ1) is 7.56. The number of ketones is 1. The van der Waals surface area contributed by atoms with Gasteiger partial charge in [-0.25, -0.2) is 0 Å². The summed E-state index contributed by atoms with van der Waals surface area (Å²) < 4.78 is 2.06. The standard InChI is InChI=1S/C13H22N2O/c1-5-6-7-12-8-9-15(14(3)4)13(12)10-11(2)16/h8-9H,5-7,10H2,1-4H3. The molecule has 0 aliphatic rings. The lowest BCUT2D eigenvalue weighted by atomic mass is 10.1. The molecule has 0 radical (unpaired) electrons. The number of unbranched alkanes of at least 4 members (excludes halogenated alkanes) is 1. The van der Waals surface area contributed by atoms with Gasteiger partial charge in [-0.15, -0.1) is 0 Å². The van der Waals surface area contributed by atoms with Gasteiger partial charge in [0, 0.05) is 26.7 Å². The fraction of sp³-hybridized carbons (Fsp3) is 0.615. The summed E-state index contributed by atoms with van der Waals surface area (Å²) in [7, 11) is 3.99. The molecule has 0 unspecified atom stereocenters. The number of carbonyl (C=O) groups is 1. The van der Waals surface area contributed by atoms with Gasteiger partial charge in [-0.05, 0) is 31.4 Å². The summed E-state index contributed by atoms with van der Waals surface area (Å²) >= 11 is 0. The van der Waals surface area contributed by atoms with E-state index in [1.165, 1.54) is 18.4 Å². The Balaban J connectivity index is 2.94. The van der Waals surface area contributed by atoms with Crippen molar-refractivity contribution in [1.29, 1.82) is 0 Å². The smallest absolute Gasteiger partial charge is 0.135 e. The topological polar surface area (TPSA) is 25.2 Å². The van der Waals surface area contributed by atoms with Gasteiger partial charge >= 0.3 is 0 Å². The van der Waals surface area contributed by atoms with Gasteiger partial charge in [0.25, 0.3) is 0 Å². The first-order valence-electron chi connectivity index (χ1n) is 5.92. The summed E-state index contributed by atoms with van der Waals surface area (Å²) in [6.45, 7) is 3.84. The van der Waals surface area contributed by atoms with Crippen LogP contribution in [0.1, 0.15) is 37.9 Å². The molecule has 0 aromatic carbocycles. The van der Waals surface area contributed by atoms with Crippen LogP contribution >= 0.6 is 0 Å². The molecule has 0 N–H and O–H groups in total. The molecule has 0 spiro atoms. The molecule has 0 aliphatic heterocycles. The van der Waals surface area contributed by atoms with E-state index in [1.54, 1.807) is 6.92 Å². The van der Waals surface area contributed by atoms with Crippen molar-refractivity contribution in [3.05, 3.63) is 23.5 Å². The molecule has 0 bridgehead atoms. The zero-order chi connectivity index (χ0) is 12.1. The van der Waals surface area contributed by atoms with Crippen molar-refractivity contribution < 1.29 is 4.79 Å². The highest BCUT2D eigenvalue weighted by molar-refractivity contribution is 5.78. The molecule has 0 saturated heterocycles. The Morgan fingerprint density at radius 3 is 2.62 bits per heavy atom. The molecular formula is C13H22N2O. The first kappa shape index (κ1) is 12.8. The van der Waals surface area contributed by atoms with Crippen molar-refractivity contribution in [1.82, 2.24) is 4.68 Å². The molecule has 0 atom stereocenters. The minimum Gasteiger partial charge on any atom is -0.319 e. The molecule has 3 nitrogen and oxygen atoms in total. The van der Waals surface area contributed by atoms with Crippen LogP contribution in [0.5, 0.6) is 0 Å². The van der Waals surface area contributed by atoms with Crippen LogP contribution in [0, 0.1) is 0 Å². The molecule has 0 amide bonds.